The van der Waals surface area contributed by atoms with Gasteiger partial charge in [0.05, 0.1) is 9.40 Å². The van der Waals surface area contributed by atoms with Crippen molar-refractivity contribution in [1.29, 1.82) is 0 Å². The number of carbonyl (C=O) groups excluding carboxylic acids is 1. The van der Waals surface area contributed by atoms with Gasteiger partial charge >= 0.3 is 0 Å². The van der Waals surface area contributed by atoms with E-state index in [0.717, 1.165) is 0 Å². The Balaban J connectivity index is 2.14. The molecule has 0 saturated heterocycles. The molecule has 1 N–H and O–H groups in total. The summed E-state index contributed by atoms with van der Waals surface area (Å²) in [6, 6.07) is 9.31. The Kier molecular flexibility index (Phi) is 4.09. The number of amides is 1. The van der Waals surface area contributed by atoms with Crippen LogP contribution in [0.2, 0.25) is 0 Å². The highest BCUT2D eigenvalue weighted by molar-refractivity contribution is 9.10. The van der Waals surface area contributed by atoms with E-state index in [-0.39, 0.29) is 15.7 Å². The Morgan fingerprint density at radius 1 is 1.20 bits per heavy atom. The number of nitro groups is 1. The number of benzene rings is 2. The van der Waals surface area contributed by atoms with Crippen molar-refractivity contribution in [2.45, 2.75) is 0 Å². The molecular formula is C13H8BrFN2O3. The molecule has 0 aliphatic rings. The van der Waals surface area contributed by atoms with Crippen LogP contribution in [0.1, 0.15) is 10.4 Å². The molecule has 20 heavy (non-hydrogen) atoms. The summed E-state index contributed by atoms with van der Waals surface area (Å²) in [5.74, 6) is -0.892. The summed E-state index contributed by atoms with van der Waals surface area (Å²) in [6.45, 7) is 0. The normalized spacial score (nSPS) is 10.1. The van der Waals surface area contributed by atoms with E-state index >= 15 is 0 Å². The highest BCUT2D eigenvalue weighted by atomic mass is 79.9. The molecule has 0 aliphatic carbocycles. The minimum atomic E-state index is -0.525. The Morgan fingerprint density at radius 2 is 1.85 bits per heavy atom. The molecule has 0 heterocycles. The standard InChI is InChI=1S/C13H8BrFN2O3/c14-11-7-8(1-6-12(11)15)13(18)16-9-2-4-10(5-3-9)17(19)20/h1-7H,(H,16,18). The second-order valence-corrected chi connectivity index (χ2v) is 4.74. The van der Waals surface area contributed by atoms with Crippen molar-refractivity contribution < 1.29 is 14.1 Å². The Morgan fingerprint density at radius 3 is 2.40 bits per heavy atom. The molecule has 0 atom stereocenters. The van der Waals surface area contributed by atoms with Crippen molar-refractivity contribution in [3.63, 3.8) is 0 Å². The van der Waals surface area contributed by atoms with Gasteiger partial charge in [-0.15, -0.1) is 0 Å². The Bertz CT molecular complexity index is 674. The molecule has 7 heteroatoms. The summed E-state index contributed by atoms with van der Waals surface area (Å²) in [6.07, 6.45) is 0. The van der Waals surface area contributed by atoms with Crippen molar-refractivity contribution in [2.75, 3.05) is 5.32 Å². The minimum absolute atomic E-state index is 0.0625. The maximum Gasteiger partial charge on any atom is 0.269 e. The number of nitrogens with zero attached hydrogens (tertiary/aromatic N) is 1. The zero-order valence-corrected chi connectivity index (χ0v) is 11.6. The molecule has 2 aromatic rings. The Hall–Kier alpha value is -2.28. The van der Waals surface area contributed by atoms with E-state index in [1.807, 2.05) is 0 Å². The van der Waals surface area contributed by atoms with Gasteiger partial charge in [-0.1, -0.05) is 0 Å². The number of anilines is 1. The van der Waals surface area contributed by atoms with E-state index in [9.17, 15) is 19.3 Å². The lowest BCUT2D eigenvalue weighted by Crippen LogP contribution is -2.11. The number of carbonyl (C=O) groups is 1. The van der Waals surface area contributed by atoms with Gasteiger partial charge in [0, 0.05) is 23.4 Å². The number of rotatable bonds is 3. The molecule has 2 aromatic carbocycles. The summed E-state index contributed by atoms with van der Waals surface area (Å²) >= 11 is 3.00. The topological polar surface area (TPSA) is 72.2 Å². The van der Waals surface area contributed by atoms with Crippen LogP contribution in [0.4, 0.5) is 15.8 Å². The van der Waals surface area contributed by atoms with Crippen LogP contribution in [0.5, 0.6) is 0 Å². The van der Waals surface area contributed by atoms with Gasteiger partial charge in [-0.05, 0) is 46.3 Å². The van der Waals surface area contributed by atoms with Crippen LogP contribution in [0.3, 0.4) is 0 Å². The molecule has 0 saturated carbocycles. The lowest BCUT2D eigenvalue weighted by atomic mass is 10.2. The molecule has 0 bridgehead atoms. The number of hydrogen-bond donors (Lipinski definition) is 1. The average Bonchev–Trinajstić information content (AvgIpc) is 2.42. The molecular weight excluding hydrogens is 331 g/mol. The predicted molar refractivity (Wildman–Crippen MR) is 75.1 cm³/mol. The van der Waals surface area contributed by atoms with Gasteiger partial charge in [-0.3, -0.25) is 14.9 Å². The molecule has 0 fully saturated rings. The number of hydrogen-bond acceptors (Lipinski definition) is 3. The number of nitrogens with one attached hydrogen (secondary N) is 1. The highest BCUT2D eigenvalue weighted by Crippen LogP contribution is 2.19. The first kappa shape index (κ1) is 14.1. The van der Waals surface area contributed by atoms with Crippen molar-refractivity contribution in [3.05, 3.63) is 68.4 Å². The molecule has 0 aromatic heterocycles. The van der Waals surface area contributed by atoms with Crippen molar-refractivity contribution >= 4 is 33.2 Å². The number of halogens is 2. The van der Waals surface area contributed by atoms with E-state index in [0.29, 0.717) is 5.69 Å². The van der Waals surface area contributed by atoms with Crippen molar-refractivity contribution in [2.24, 2.45) is 0 Å². The smallest absolute Gasteiger partial charge is 0.269 e. The molecule has 0 spiro atoms. The fourth-order valence-electron chi connectivity index (χ4n) is 1.51. The number of nitro benzene ring substituents is 1. The van der Waals surface area contributed by atoms with Gasteiger partial charge in [-0.2, -0.15) is 0 Å². The molecule has 102 valence electrons. The van der Waals surface area contributed by atoms with Crippen LogP contribution in [0.15, 0.2) is 46.9 Å². The maximum atomic E-state index is 13.1. The van der Waals surface area contributed by atoms with Gasteiger partial charge < -0.3 is 5.32 Å². The molecule has 0 unspecified atom stereocenters. The Labute approximate surface area is 121 Å². The first-order valence-electron chi connectivity index (χ1n) is 5.48. The first-order chi connectivity index (χ1) is 9.47. The van der Waals surface area contributed by atoms with E-state index in [4.69, 9.17) is 0 Å². The average molecular weight is 339 g/mol. The molecule has 0 radical (unpaired) electrons. The minimum Gasteiger partial charge on any atom is -0.322 e. The maximum absolute atomic E-state index is 13.1. The lowest BCUT2D eigenvalue weighted by Gasteiger charge is -2.05. The van der Waals surface area contributed by atoms with Crippen LogP contribution >= 0.6 is 15.9 Å². The molecule has 1 amide bonds. The van der Waals surface area contributed by atoms with E-state index < -0.39 is 16.6 Å². The van der Waals surface area contributed by atoms with Crippen LogP contribution in [0.25, 0.3) is 0 Å². The van der Waals surface area contributed by atoms with Gasteiger partial charge in [0.2, 0.25) is 0 Å². The highest BCUT2D eigenvalue weighted by Gasteiger charge is 2.10. The van der Waals surface area contributed by atoms with E-state index in [2.05, 4.69) is 21.2 Å². The third-order valence-corrected chi connectivity index (χ3v) is 3.13. The van der Waals surface area contributed by atoms with E-state index in [1.54, 1.807) is 0 Å². The summed E-state index contributed by atoms with van der Waals surface area (Å²) in [5.41, 5.74) is 0.630. The monoisotopic (exact) mass is 338 g/mol. The fourth-order valence-corrected chi connectivity index (χ4v) is 1.89. The first-order valence-corrected chi connectivity index (χ1v) is 6.27. The lowest BCUT2D eigenvalue weighted by molar-refractivity contribution is -0.384. The van der Waals surface area contributed by atoms with E-state index in [1.165, 1.54) is 42.5 Å². The van der Waals surface area contributed by atoms with Gasteiger partial charge in [0.15, 0.2) is 0 Å². The van der Waals surface area contributed by atoms with Crippen molar-refractivity contribution in [3.8, 4) is 0 Å². The molecule has 0 aliphatic heterocycles. The SMILES string of the molecule is O=C(Nc1ccc([N+](=O)[O-])cc1)c1ccc(F)c(Br)c1. The molecule has 2 rings (SSSR count). The summed E-state index contributed by atoms with van der Waals surface area (Å²) in [5, 5.41) is 13.1. The van der Waals surface area contributed by atoms with Gasteiger partial charge in [-0.25, -0.2) is 4.39 Å². The summed E-state index contributed by atoms with van der Waals surface area (Å²) in [7, 11) is 0. The van der Waals surface area contributed by atoms with Crippen LogP contribution in [-0.2, 0) is 0 Å². The zero-order valence-electron chi connectivity index (χ0n) is 9.97. The van der Waals surface area contributed by atoms with Gasteiger partial charge in [0.1, 0.15) is 5.82 Å². The third-order valence-electron chi connectivity index (χ3n) is 2.52. The third kappa shape index (κ3) is 3.18. The second-order valence-electron chi connectivity index (χ2n) is 3.89. The summed E-state index contributed by atoms with van der Waals surface area (Å²) in [4.78, 5) is 21.9. The van der Waals surface area contributed by atoms with Crippen LogP contribution in [-0.4, -0.2) is 10.8 Å². The quantitative estimate of drug-likeness (QED) is 0.684. The predicted octanol–water partition coefficient (Wildman–Crippen LogP) is 3.75. The largest absolute Gasteiger partial charge is 0.322 e. The zero-order chi connectivity index (χ0) is 14.7. The van der Waals surface area contributed by atoms with Crippen LogP contribution in [0, 0.1) is 15.9 Å². The summed E-state index contributed by atoms with van der Waals surface area (Å²) < 4.78 is 13.3. The van der Waals surface area contributed by atoms with Crippen molar-refractivity contribution in [1.82, 2.24) is 0 Å². The second kappa shape index (κ2) is 5.79. The fraction of sp³-hybridized carbons (Fsp3) is 0. The number of non-ortho nitro benzene ring substituents is 1. The van der Waals surface area contributed by atoms with Gasteiger partial charge in [0.25, 0.3) is 11.6 Å². The van der Waals surface area contributed by atoms with Crippen LogP contribution < -0.4 is 5.32 Å². The molecule has 5 nitrogen and oxygen atoms in total.